The van der Waals surface area contributed by atoms with Gasteiger partial charge in [0.1, 0.15) is 0 Å². The normalized spacial score (nSPS) is 21.0. The lowest BCUT2D eigenvalue weighted by Crippen LogP contribution is -2.51. The van der Waals surface area contributed by atoms with Crippen molar-refractivity contribution in [2.75, 3.05) is 13.1 Å². The summed E-state index contributed by atoms with van der Waals surface area (Å²) in [5.41, 5.74) is 2.33. The second-order valence-electron chi connectivity index (χ2n) is 7.38. The zero-order valence-corrected chi connectivity index (χ0v) is 15.5. The average Bonchev–Trinajstić information content (AvgIpc) is 2.65. The summed E-state index contributed by atoms with van der Waals surface area (Å²) < 4.78 is 0. The number of nitrogens with zero attached hydrogens (tertiary/aromatic N) is 2. The number of amides is 1. The monoisotopic (exact) mass is 339 g/mol. The number of carbonyl (C=O) groups is 1. The Morgan fingerprint density at radius 1 is 1.32 bits per heavy atom. The number of piperidine rings is 1. The number of para-hydroxylation sites is 1. The Morgan fingerprint density at radius 2 is 2.12 bits per heavy atom. The van der Waals surface area contributed by atoms with Gasteiger partial charge in [0, 0.05) is 43.2 Å². The molecule has 1 aromatic carbocycles. The Hall–Kier alpha value is -1.94. The van der Waals surface area contributed by atoms with Gasteiger partial charge in [-0.3, -0.25) is 9.78 Å². The van der Waals surface area contributed by atoms with Crippen LogP contribution in [0.25, 0.3) is 10.9 Å². The molecule has 1 amide bonds. The van der Waals surface area contributed by atoms with E-state index in [1.54, 1.807) is 0 Å². The summed E-state index contributed by atoms with van der Waals surface area (Å²) in [6.45, 7) is 8.76. The van der Waals surface area contributed by atoms with Gasteiger partial charge in [-0.2, -0.15) is 0 Å². The molecule has 2 aromatic rings. The summed E-state index contributed by atoms with van der Waals surface area (Å²) in [6, 6.07) is 10.9. The van der Waals surface area contributed by atoms with Crippen LogP contribution in [0.4, 0.5) is 0 Å². The van der Waals surface area contributed by atoms with E-state index in [4.69, 9.17) is 0 Å². The van der Waals surface area contributed by atoms with E-state index >= 15 is 0 Å². The summed E-state index contributed by atoms with van der Waals surface area (Å²) >= 11 is 0. The predicted octanol–water partition coefficient (Wildman–Crippen LogP) is 3.61. The van der Waals surface area contributed by atoms with E-state index < -0.39 is 0 Å². The molecule has 1 N–H and O–H groups in total. The molecule has 25 heavy (non-hydrogen) atoms. The molecule has 3 rings (SSSR count). The number of benzene rings is 1. The topological polar surface area (TPSA) is 45.2 Å². The summed E-state index contributed by atoms with van der Waals surface area (Å²) in [4.78, 5) is 18.9. The van der Waals surface area contributed by atoms with Crippen LogP contribution in [-0.2, 0) is 11.3 Å². The summed E-state index contributed by atoms with van der Waals surface area (Å²) in [5, 5.41) is 4.93. The number of rotatable bonds is 5. The van der Waals surface area contributed by atoms with Crippen LogP contribution in [0.3, 0.4) is 0 Å². The third-order valence-corrected chi connectivity index (χ3v) is 5.33. The Labute approximate surface area is 150 Å². The zero-order chi connectivity index (χ0) is 17.8. The van der Waals surface area contributed by atoms with Crippen molar-refractivity contribution in [2.24, 2.45) is 11.8 Å². The van der Waals surface area contributed by atoms with Crippen molar-refractivity contribution < 1.29 is 4.79 Å². The van der Waals surface area contributed by atoms with Crippen molar-refractivity contribution in [3.8, 4) is 0 Å². The molecule has 0 saturated carbocycles. The number of likely N-dealkylation sites (tertiary alicyclic amines) is 1. The van der Waals surface area contributed by atoms with Crippen LogP contribution >= 0.6 is 0 Å². The van der Waals surface area contributed by atoms with Gasteiger partial charge in [-0.1, -0.05) is 51.5 Å². The van der Waals surface area contributed by atoms with Crippen LogP contribution in [0, 0.1) is 11.8 Å². The van der Waals surface area contributed by atoms with Gasteiger partial charge in [0.05, 0.1) is 5.52 Å². The Bertz CT molecular complexity index is 723. The maximum atomic E-state index is 12.3. The molecule has 0 bridgehead atoms. The minimum Gasteiger partial charge on any atom is -0.342 e. The van der Waals surface area contributed by atoms with Gasteiger partial charge in [0.25, 0.3) is 0 Å². The molecule has 1 saturated heterocycles. The number of hydrogen-bond donors (Lipinski definition) is 1. The van der Waals surface area contributed by atoms with Gasteiger partial charge in [-0.15, -0.1) is 0 Å². The lowest BCUT2D eigenvalue weighted by molar-refractivity contribution is -0.136. The average molecular weight is 339 g/mol. The van der Waals surface area contributed by atoms with Gasteiger partial charge in [-0.25, -0.2) is 0 Å². The summed E-state index contributed by atoms with van der Waals surface area (Å²) in [7, 11) is 0. The first-order chi connectivity index (χ1) is 12.1. The Kier molecular flexibility index (Phi) is 5.69. The van der Waals surface area contributed by atoms with Crippen molar-refractivity contribution in [1.82, 2.24) is 15.2 Å². The number of fused-ring (bicyclic) bond motifs is 1. The fourth-order valence-electron chi connectivity index (χ4n) is 3.83. The van der Waals surface area contributed by atoms with E-state index in [1.165, 1.54) is 10.9 Å². The zero-order valence-electron chi connectivity index (χ0n) is 15.5. The molecule has 4 nitrogen and oxygen atoms in total. The number of aromatic nitrogens is 1. The van der Waals surface area contributed by atoms with Crippen LogP contribution in [-0.4, -0.2) is 34.9 Å². The van der Waals surface area contributed by atoms with Crippen LogP contribution < -0.4 is 5.32 Å². The van der Waals surface area contributed by atoms with E-state index in [0.29, 0.717) is 12.0 Å². The van der Waals surface area contributed by atoms with Gasteiger partial charge in [-0.05, 0) is 24.0 Å². The van der Waals surface area contributed by atoms with E-state index in [-0.39, 0.29) is 11.8 Å². The lowest BCUT2D eigenvalue weighted by atomic mass is 9.89. The van der Waals surface area contributed by atoms with Gasteiger partial charge in [0.2, 0.25) is 5.91 Å². The smallest absolute Gasteiger partial charge is 0.225 e. The highest BCUT2D eigenvalue weighted by Gasteiger charge is 2.30. The molecular weight excluding hydrogens is 310 g/mol. The molecule has 1 fully saturated rings. The third kappa shape index (κ3) is 4.01. The third-order valence-electron chi connectivity index (χ3n) is 5.33. The minimum absolute atomic E-state index is 0.0868. The van der Waals surface area contributed by atoms with Crippen molar-refractivity contribution in [2.45, 2.75) is 46.2 Å². The molecule has 4 heteroatoms. The van der Waals surface area contributed by atoms with Crippen molar-refractivity contribution in [3.63, 3.8) is 0 Å². The van der Waals surface area contributed by atoms with Crippen molar-refractivity contribution in [1.29, 1.82) is 0 Å². The highest BCUT2D eigenvalue weighted by atomic mass is 16.2. The molecule has 2 atom stereocenters. The van der Waals surface area contributed by atoms with Crippen molar-refractivity contribution >= 4 is 16.8 Å². The lowest BCUT2D eigenvalue weighted by Gasteiger charge is -2.39. The predicted molar refractivity (Wildman–Crippen MR) is 102 cm³/mol. The molecule has 0 unspecified atom stereocenters. The minimum atomic E-state index is 0.0868. The highest BCUT2D eigenvalue weighted by Crippen LogP contribution is 2.23. The molecule has 134 valence electrons. The van der Waals surface area contributed by atoms with E-state index in [9.17, 15) is 4.79 Å². The van der Waals surface area contributed by atoms with Crippen LogP contribution in [0.15, 0.2) is 36.5 Å². The SMILES string of the molecule is CC[C@@H]1CN(C(=O)C(C)C)CC[C@H]1NCc1cccc2cccnc12. The fraction of sp³-hybridized carbons (Fsp3) is 0.524. The molecular formula is C21H29N3O. The molecule has 0 aliphatic carbocycles. The maximum absolute atomic E-state index is 12.3. The number of pyridine rings is 1. The standard InChI is InChI=1S/C21H29N3O/c1-4-16-14-24(21(25)15(2)3)12-10-19(16)23-13-18-8-5-7-17-9-6-11-22-20(17)18/h5-9,11,15-16,19,23H,4,10,12-14H2,1-3H3/t16-,19-/m1/s1. The van der Waals surface area contributed by atoms with Gasteiger partial charge < -0.3 is 10.2 Å². The Morgan fingerprint density at radius 3 is 2.88 bits per heavy atom. The molecule has 1 aliphatic heterocycles. The highest BCUT2D eigenvalue weighted by molar-refractivity contribution is 5.81. The van der Waals surface area contributed by atoms with Crippen LogP contribution in [0.5, 0.6) is 0 Å². The van der Waals surface area contributed by atoms with Crippen molar-refractivity contribution in [3.05, 3.63) is 42.1 Å². The Balaban J connectivity index is 1.66. The second kappa shape index (κ2) is 7.96. The number of carbonyl (C=O) groups excluding carboxylic acids is 1. The van der Waals surface area contributed by atoms with E-state index in [2.05, 4.69) is 46.4 Å². The molecule has 2 heterocycles. The molecule has 0 spiro atoms. The first-order valence-corrected chi connectivity index (χ1v) is 9.45. The van der Waals surface area contributed by atoms with Gasteiger partial charge >= 0.3 is 0 Å². The number of hydrogen-bond acceptors (Lipinski definition) is 3. The van der Waals surface area contributed by atoms with E-state index in [1.807, 2.05) is 26.1 Å². The largest absolute Gasteiger partial charge is 0.342 e. The molecule has 0 radical (unpaired) electrons. The molecule has 1 aromatic heterocycles. The fourth-order valence-corrected chi connectivity index (χ4v) is 3.83. The quantitative estimate of drug-likeness (QED) is 0.905. The van der Waals surface area contributed by atoms with Gasteiger partial charge in [0.15, 0.2) is 0 Å². The van der Waals surface area contributed by atoms with Crippen LogP contribution in [0.1, 0.15) is 39.2 Å². The van der Waals surface area contributed by atoms with Crippen LogP contribution in [0.2, 0.25) is 0 Å². The molecule has 1 aliphatic rings. The first-order valence-electron chi connectivity index (χ1n) is 9.45. The van der Waals surface area contributed by atoms with E-state index in [0.717, 1.165) is 38.0 Å². The second-order valence-corrected chi connectivity index (χ2v) is 7.38. The summed E-state index contributed by atoms with van der Waals surface area (Å²) in [6.07, 6.45) is 3.97. The maximum Gasteiger partial charge on any atom is 0.225 e. The first kappa shape index (κ1) is 17.9. The number of nitrogens with one attached hydrogen (secondary N) is 1. The summed E-state index contributed by atoms with van der Waals surface area (Å²) in [5.74, 6) is 0.887.